The molecule has 0 atom stereocenters. The van der Waals surface area contributed by atoms with Crippen LogP contribution in [0.3, 0.4) is 0 Å². The molecule has 33 heavy (non-hydrogen) atoms. The van der Waals surface area contributed by atoms with Crippen molar-refractivity contribution in [2.24, 2.45) is 5.92 Å². The standard InChI is InChI=1S/C23H48O10/c1-23(2)3-5-25-7-9-27-11-13-29-15-17-31-19-21-33-22-20-32-18-16-30-14-12-28-10-8-26-6-4-24/h23-24H,3-22H2,1-2H3. The lowest BCUT2D eigenvalue weighted by atomic mass is 10.1. The largest absolute Gasteiger partial charge is 0.394 e. The Morgan fingerprint density at radius 3 is 0.788 bits per heavy atom. The minimum atomic E-state index is 0.0320. The molecular formula is C23H48O10. The van der Waals surface area contributed by atoms with Gasteiger partial charge in [-0.05, 0) is 12.3 Å². The zero-order chi connectivity index (χ0) is 24.1. The van der Waals surface area contributed by atoms with Gasteiger partial charge in [-0.3, -0.25) is 0 Å². The first-order chi connectivity index (χ1) is 16.3. The third kappa shape index (κ3) is 31.6. The van der Waals surface area contributed by atoms with E-state index in [0.29, 0.717) is 118 Å². The van der Waals surface area contributed by atoms with E-state index in [1.54, 1.807) is 0 Å². The van der Waals surface area contributed by atoms with Crippen LogP contribution in [0.2, 0.25) is 0 Å². The highest BCUT2D eigenvalue weighted by Gasteiger charge is 1.96. The number of aliphatic hydroxyl groups is 1. The molecule has 0 aliphatic heterocycles. The summed E-state index contributed by atoms with van der Waals surface area (Å²) in [6.45, 7) is 14.1. The summed E-state index contributed by atoms with van der Waals surface area (Å²) in [5.74, 6) is 0.672. The Hall–Kier alpha value is -0.400. The van der Waals surface area contributed by atoms with E-state index in [9.17, 15) is 0 Å². The lowest BCUT2D eigenvalue weighted by molar-refractivity contribution is -0.0256. The molecule has 0 saturated heterocycles. The summed E-state index contributed by atoms with van der Waals surface area (Å²) >= 11 is 0. The van der Waals surface area contributed by atoms with Crippen molar-refractivity contribution in [1.29, 1.82) is 0 Å². The van der Waals surface area contributed by atoms with Crippen LogP contribution in [0.4, 0.5) is 0 Å². The molecule has 0 rings (SSSR count). The maximum absolute atomic E-state index is 8.55. The van der Waals surface area contributed by atoms with Crippen LogP contribution >= 0.6 is 0 Å². The minimum Gasteiger partial charge on any atom is -0.394 e. The SMILES string of the molecule is CC(C)CCOCCOCCOCCOCCOCCOCCOCCOCCOCCO. The second kappa shape index (κ2) is 29.6. The lowest BCUT2D eigenvalue weighted by Crippen LogP contribution is -2.15. The van der Waals surface area contributed by atoms with Gasteiger partial charge in [0.05, 0.1) is 119 Å². The molecule has 0 aromatic heterocycles. The van der Waals surface area contributed by atoms with E-state index in [0.717, 1.165) is 13.0 Å². The Morgan fingerprint density at radius 2 is 0.576 bits per heavy atom. The molecule has 0 fully saturated rings. The highest BCUT2D eigenvalue weighted by atomic mass is 16.6. The Labute approximate surface area is 200 Å². The topological polar surface area (TPSA) is 103 Å². The number of aliphatic hydroxyl groups excluding tert-OH is 1. The van der Waals surface area contributed by atoms with Crippen LogP contribution in [0.25, 0.3) is 0 Å². The first kappa shape index (κ1) is 32.6. The Morgan fingerprint density at radius 1 is 0.364 bits per heavy atom. The Balaban J connectivity index is 3.00. The normalized spacial score (nSPS) is 11.6. The van der Waals surface area contributed by atoms with Gasteiger partial charge in [-0.1, -0.05) is 13.8 Å². The molecule has 0 bridgehead atoms. The number of hydrogen-bond donors (Lipinski definition) is 1. The summed E-state index contributed by atoms with van der Waals surface area (Å²) < 4.78 is 48.4. The van der Waals surface area contributed by atoms with Gasteiger partial charge in [0.2, 0.25) is 0 Å². The summed E-state index contributed by atoms with van der Waals surface area (Å²) in [7, 11) is 0. The molecule has 0 unspecified atom stereocenters. The summed E-state index contributed by atoms with van der Waals surface area (Å²) in [4.78, 5) is 0. The van der Waals surface area contributed by atoms with Crippen molar-refractivity contribution in [3.8, 4) is 0 Å². The number of hydrogen-bond acceptors (Lipinski definition) is 10. The smallest absolute Gasteiger partial charge is 0.0701 e. The van der Waals surface area contributed by atoms with E-state index in [1.807, 2.05) is 0 Å². The third-order valence-electron chi connectivity index (χ3n) is 4.05. The van der Waals surface area contributed by atoms with E-state index in [1.165, 1.54) is 0 Å². The number of rotatable bonds is 29. The molecule has 0 amide bonds. The van der Waals surface area contributed by atoms with Crippen molar-refractivity contribution in [3.63, 3.8) is 0 Å². The summed E-state index contributed by atoms with van der Waals surface area (Å²) in [5.41, 5.74) is 0. The van der Waals surface area contributed by atoms with Crippen molar-refractivity contribution >= 4 is 0 Å². The van der Waals surface area contributed by atoms with Gasteiger partial charge >= 0.3 is 0 Å². The average molecular weight is 485 g/mol. The Bertz CT molecular complexity index is 347. The van der Waals surface area contributed by atoms with Crippen LogP contribution in [-0.2, 0) is 42.6 Å². The van der Waals surface area contributed by atoms with Gasteiger partial charge in [-0.25, -0.2) is 0 Å². The highest BCUT2D eigenvalue weighted by Crippen LogP contribution is 1.98. The van der Waals surface area contributed by atoms with Crippen LogP contribution in [-0.4, -0.2) is 131 Å². The molecule has 0 saturated carbocycles. The van der Waals surface area contributed by atoms with E-state index < -0.39 is 0 Å². The van der Waals surface area contributed by atoms with E-state index in [4.69, 9.17) is 47.7 Å². The van der Waals surface area contributed by atoms with E-state index in [-0.39, 0.29) is 6.61 Å². The maximum Gasteiger partial charge on any atom is 0.0701 e. The molecule has 0 aromatic rings. The summed E-state index contributed by atoms with van der Waals surface area (Å²) in [6, 6.07) is 0. The van der Waals surface area contributed by atoms with Crippen molar-refractivity contribution in [2.75, 3.05) is 126 Å². The zero-order valence-corrected chi connectivity index (χ0v) is 20.8. The molecule has 200 valence electrons. The molecule has 0 aromatic carbocycles. The molecule has 10 heteroatoms. The molecule has 0 aliphatic carbocycles. The second-order valence-electron chi connectivity index (χ2n) is 7.42. The summed E-state index contributed by atoms with van der Waals surface area (Å²) in [6.07, 6.45) is 1.08. The fourth-order valence-electron chi connectivity index (χ4n) is 2.24. The fourth-order valence-corrected chi connectivity index (χ4v) is 2.24. The van der Waals surface area contributed by atoms with Crippen LogP contribution in [0, 0.1) is 5.92 Å². The van der Waals surface area contributed by atoms with Crippen molar-refractivity contribution in [1.82, 2.24) is 0 Å². The summed E-state index contributed by atoms with van der Waals surface area (Å²) in [5, 5.41) is 8.55. The van der Waals surface area contributed by atoms with E-state index in [2.05, 4.69) is 13.8 Å². The molecule has 10 nitrogen and oxygen atoms in total. The van der Waals surface area contributed by atoms with Gasteiger partial charge in [0.25, 0.3) is 0 Å². The average Bonchev–Trinajstić information content (AvgIpc) is 2.80. The van der Waals surface area contributed by atoms with E-state index >= 15 is 0 Å². The van der Waals surface area contributed by atoms with Gasteiger partial charge in [0.15, 0.2) is 0 Å². The van der Waals surface area contributed by atoms with Gasteiger partial charge < -0.3 is 47.7 Å². The third-order valence-corrected chi connectivity index (χ3v) is 4.05. The van der Waals surface area contributed by atoms with Crippen LogP contribution in [0.1, 0.15) is 20.3 Å². The van der Waals surface area contributed by atoms with Gasteiger partial charge in [0, 0.05) is 6.61 Å². The molecule has 0 radical (unpaired) electrons. The van der Waals surface area contributed by atoms with Crippen LogP contribution in [0.15, 0.2) is 0 Å². The molecule has 0 spiro atoms. The van der Waals surface area contributed by atoms with Crippen molar-refractivity contribution in [3.05, 3.63) is 0 Å². The quantitative estimate of drug-likeness (QED) is 0.156. The van der Waals surface area contributed by atoms with Crippen molar-refractivity contribution in [2.45, 2.75) is 20.3 Å². The Kier molecular flexibility index (Phi) is 29.3. The number of ether oxygens (including phenoxy) is 9. The molecule has 1 N–H and O–H groups in total. The van der Waals surface area contributed by atoms with Crippen LogP contribution < -0.4 is 0 Å². The maximum atomic E-state index is 8.55. The molecular weight excluding hydrogens is 436 g/mol. The molecule has 0 aliphatic rings. The van der Waals surface area contributed by atoms with Gasteiger partial charge in [-0.15, -0.1) is 0 Å². The fraction of sp³-hybridized carbons (Fsp3) is 1.00. The monoisotopic (exact) mass is 484 g/mol. The predicted molar refractivity (Wildman–Crippen MR) is 124 cm³/mol. The molecule has 0 heterocycles. The predicted octanol–water partition coefficient (Wildman–Crippen LogP) is 1.17. The first-order valence-corrected chi connectivity index (χ1v) is 12.1. The minimum absolute atomic E-state index is 0.0320. The van der Waals surface area contributed by atoms with Crippen molar-refractivity contribution < 1.29 is 47.7 Å². The first-order valence-electron chi connectivity index (χ1n) is 12.1. The second-order valence-corrected chi connectivity index (χ2v) is 7.42. The zero-order valence-electron chi connectivity index (χ0n) is 20.8. The van der Waals surface area contributed by atoms with Gasteiger partial charge in [0.1, 0.15) is 0 Å². The highest BCUT2D eigenvalue weighted by molar-refractivity contribution is 4.43. The lowest BCUT2D eigenvalue weighted by Gasteiger charge is -2.09. The van der Waals surface area contributed by atoms with Gasteiger partial charge in [-0.2, -0.15) is 0 Å². The van der Waals surface area contributed by atoms with Crippen LogP contribution in [0.5, 0.6) is 0 Å².